The summed E-state index contributed by atoms with van der Waals surface area (Å²) in [7, 11) is 1.36. The minimum atomic E-state index is -0.406. The number of nitrogens with zero attached hydrogens (tertiary/aromatic N) is 1. The second-order valence-corrected chi connectivity index (χ2v) is 5.42. The van der Waals surface area contributed by atoms with E-state index in [-0.39, 0.29) is 0 Å². The lowest BCUT2D eigenvalue weighted by molar-refractivity contribution is 0.0591. The average molecular weight is 280 g/mol. The van der Waals surface area contributed by atoms with Crippen LogP contribution in [0.25, 0.3) is 0 Å². The van der Waals surface area contributed by atoms with Gasteiger partial charge < -0.3 is 10.1 Å². The third-order valence-corrected chi connectivity index (χ3v) is 4.26. The summed E-state index contributed by atoms with van der Waals surface area (Å²) >= 11 is 2.92. The molecular formula is C12H12N2O2S2. The fraction of sp³-hybridized carbons (Fsp3) is 0.167. The van der Waals surface area contributed by atoms with Gasteiger partial charge in [-0.15, -0.1) is 11.8 Å². The molecule has 0 aliphatic heterocycles. The van der Waals surface area contributed by atoms with E-state index in [1.165, 1.54) is 30.2 Å². The van der Waals surface area contributed by atoms with Gasteiger partial charge in [0.05, 0.1) is 11.3 Å². The summed E-state index contributed by atoms with van der Waals surface area (Å²) in [6.07, 6.45) is 1.91. The van der Waals surface area contributed by atoms with E-state index in [0.717, 1.165) is 9.90 Å². The molecule has 1 heterocycles. The number of carbonyl (C=O) groups excluding carboxylic acids is 1. The monoisotopic (exact) mass is 280 g/mol. The van der Waals surface area contributed by atoms with Crippen LogP contribution in [0, 0.1) is 0 Å². The van der Waals surface area contributed by atoms with Crippen LogP contribution in [0.15, 0.2) is 34.5 Å². The lowest BCUT2D eigenvalue weighted by Crippen LogP contribution is -2.03. The van der Waals surface area contributed by atoms with Crippen LogP contribution in [0.3, 0.4) is 0 Å². The Hall–Kier alpha value is -1.53. The summed E-state index contributed by atoms with van der Waals surface area (Å²) in [6, 6.07) is 9.70. The predicted molar refractivity (Wildman–Crippen MR) is 75.0 cm³/mol. The van der Waals surface area contributed by atoms with Crippen molar-refractivity contribution < 1.29 is 9.53 Å². The Morgan fingerprint density at radius 3 is 2.72 bits per heavy atom. The number of benzene rings is 1. The van der Waals surface area contributed by atoms with Crippen LogP contribution in [0.2, 0.25) is 0 Å². The third kappa shape index (κ3) is 2.83. The summed E-state index contributed by atoms with van der Waals surface area (Å²) in [5.74, 6) is -0.406. The molecule has 0 bridgehead atoms. The van der Waals surface area contributed by atoms with Crippen LogP contribution >= 0.6 is 23.1 Å². The van der Waals surface area contributed by atoms with E-state index in [0.29, 0.717) is 10.8 Å². The van der Waals surface area contributed by atoms with Crippen LogP contribution in [0.4, 0.5) is 10.8 Å². The highest BCUT2D eigenvalue weighted by atomic mass is 32.2. The van der Waals surface area contributed by atoms with E-state index >= 15 is 0 Å². The minimum Gasteiger partial charge on any atom is -0.464 e. The molecule has 0 unspecified atom stereocenters. The average Bonchev–Trinajstić information content (AvgIpc) is 2.82. The molecule has 0 aliphatic rings. The van der Waals surface area contributed by atoms with Crippen molar-refractivity contribution in [2.45, 2.75) is 4.21 Å². The van der Waals surface area contributed by atoms with Gasteiger partial charge in [-0.3, -0.25) is 0 Å². The number of thiazole rings is 1. The zero-order valence-electron chi connectivity index (χ0n) is 9.97. The van der Waals surface area contributed by atoms with E-state index in [1.54, 1.807) is 0 Å². The molecule has 1 aromatic carbocycles. The van der Waals surface area contributed by atoms with Gasteiger partial charge in [-0.05, 0) is 18.4 Å². The Bertz CT molecular complexity index is 540. The number of hydrogen-bond donors (Lipinski definition) is 1. The van der Waals surface area contributed by atoms with Crippen LogP contribution < -0.4 is 5.32 Å². The fourth-order valence-electron chi connectivity index (χ4n) is 1.37. The molecule has 0 spiro atoms. The molecule has 0 saturated carbocycles. The Morgan fingerprint density at radius 1 is 1.39 bits per heavy atom. The Morgan fingerprint density at radius 2 is 2.11 bits per heavy atom. The molecule has 18 heavy (non-hydrogen) atoms. The highest BCUT2D eigenvalue weighted by Gasteiger charge is 2.18. The van der Waals surface area contributed by atoms with E-state index in [4.69, 9.17) is 4.74 Å². The SMILES string of the molecule is COC(=O)c1nc(Nc2ccccc2)sc1SC. The molecule has 4 nitrogen and oxygen atoms in total. The molecule has 0 radical (unpaired) electrons. The zero-order valence-corrected chi connectivity index (χ0v) is 11.6. The number of rotatable bonds is 4. The van der Waals surface area contributed by atoms with Crippen molar-refractivity contribution in [1.29, 1.82) is 0 Å². The number of methoxy groups -OCH3 is 1. The van der Waals surface area contributed by atoms with Crippen LogP contribution in [-0.2, 0) is 4.74 Å². The number of esters is 1. The summed E-state index contributed by atoms with van der Waals surface area (Å²) in [6.45, 7) is 0. The maximum absolute atomic E-state index is 11.5. The quantitative estimate of drug-likeness (QED) is 0.687. The van der Waals surface area contributed by atoms with Gasteiger partial charge in [-0.2, -0.15) is 0 Å². The highest BCUT2D eigenvalue weighted by Crippen LogP contribution is 2.32. The van der Waals surface area contributed by atoms with Crippen molar-refractivity contribution >= 4 is 39.9 Å². The molecule has 0 aliphatic carbocycles. The number of nitrogens with one attached hydrogen (secondary N) is 1. The van der Waals surface area contributed by atoms with Crippen molar-refractivity contribution in [3.63, 3.8) is 0 Å². The van der Waals surface area contributed by atoms with Crippen LogP contribution in [-0.4, -0.2) is 24.3 Å². The number of para-hydroxylation sites is 1. The molecular weight excluding hydrogens is 268 g/mol. The summed E-state index contributed by atoms with van der Waals surface area (Å²) in [5.41, 5.74) is 1.31. The minimum absolute atomic E-state index is 0.369. The van der Waals surface area contributed by atoms with E-state index in [9.17, 15) is 4.79 Å². The first-order chi connectivity index (χ1) is 8.74. The van der Waals surface area contributed by atoms with Crippen LogP contribution in [0.1, 0.15) is 10.5 Å². The van der Waals surface area contributed by atoms with Gasteiger partial charge in [0.25, 0.3) is 0 Å². The second kappa shape index (κ2) is 5.88. The number of thioether (sulfide) groups is 1. The summed E-state index contributed by atoms with van der Waals surface area (Å²) in [4.78, 5) is 15.8. The third-order valence-electron chi connectivity index (χ3n) is 2.19. The smallest absolute Gasteiger partial charge is 0.358 e. The zero-order chi connectivity index (χ0) is 13.0. The first-order valence-electron chi connectivity index (χ1n) is 5.20. The van der Waals surface area contributed by atoms with Crippen molar-refractivity contribution in [3.8, 4) is 0 Å². The number of hydrogen-bond acceptors (Lipinski definition) is 6. The Labute approximate surface area is 113 Å². The van der Waals surface area contributed by atoms with Crippen molar-refractivity contribution in [3.05, 3.63) is 36.0 Å². The Kier molecular flexibility index (Phi) is 4.22. The molecule has 2 aromatic rings. The first kappa shape index (κ1) is 12.9. The standard InChI is InChI=1S/C12H12N2O2S2/c1-16-10(15)9-11(17-2)18-12(14-9)13-8-6-4-3-5-7-8/h3-7H,1-2H3,(H,13,14). The molecule has 94 valence electrons. The number of anilines is 2. The normalized spacial score (nSPS) is 10.1. The summed E-state index contributed by atoms with van der Waals surface area (Å²) < 4.78 is 5.55. The summed E-state index contributed by atoms with van der Waals surface area (Å²) in [5, 5.41) is 3.85. The molecule has 0 fully saturated rings. The van der Waals surface area contributed by atoms with Crippen molar-refractivity contribution in [2.24, 2.45) is 0 Å². The van der Waals surface area contributed by atoms with Gasteiger partial charge in [0.15, 0.2) is 10.8 Å². The maximum atomic E-state index is 11.5. The largest absolute Gasteiger partial charge is 0.464 e. The molecule has 1 N–H and O–H groups in total. The van der Waals surface area contributed by atoms with Gasteiger partial charge in [0.2, 0.25) is 0 Å². The van der Waals surface area contributed by atoms with Crippen molar-refractivity contribution in [2.75, 3.05) is 18.7 Å². The highest BCUT2D eigenvalue weighted by molar-refractivity contribution is 8.00. The molecule has 6 heteroatoms. The molecule has 1 aromatic heterocycles. The molecule has 0 amide bonds. The number of ether oxygens (including phenoxy) is 1. The molecule has 0 saturated heterocycles. The topological polar surface area (TPSA) is 51.2 Å². The second-order valence-electron chi connectivity index (χ2n) is 3.34. The maximum Gasteiger partial charge on any atom is 0.358 e. The van der Waals surface area contributed by atoms with Crippen LogP contribution in [0.5, 0.6) is 0 Å². The first-order valence-corrected chi connectivity index (χ1v) is 7.24. The van der Waals surface area contributed by atoms with E-state index < -0.39 is 5.97 Å². The van der Waals surface area contributed by atoms with E-state index in [2.05, 4.69) is 10.3 Å². The predicted octanol–water partition coefficient (Wildman–Crippen LogP) is 3.40. The number of aromatic nitrogens is 1. The van der Waals surface area contributed by atoms with Gasteiger partial charge in [0, 0.05) is 5.69 Å². The number of carbonyl (C=O) groups is 1. The van der Waals surface area contributed by atoms with Gasteiger partial charge in [0.1, 0.15) is 0 Å². The molecule has 2 rings (SSSR count). The van der Waals surface area contributed by atoms with Gasteiger partial charge in [-0.1, -0.05) is 29.5 Å². The fourth-order valence-corrected chi connectivity index (χ4v) is 2.97. The Balaban J connectivity index is 2.25. The van der Waals surface area contributed by atoms with E-state index in [1.807, 2.05) is 36.6 Å². The van der Waals surface area contributed by atoms with Gasteiger partial charge >= 0.3 is 5.97 Å². The lowest BCUT2D eigenvalue weighted by atomic mass is 10.3. The molecule has 0 atom stereocenters. The van der Waals surface area contributed by atoms with Crippen molar-refractivity contribution in [1.82, 2.24) is 4.98 Å². The van der Waals surface area contributed by atoms with Gasteiger partial charge in [-0.25, -0.2) is 9.78 Å². The lowest BCUT2D eigenvalue weighted by Gasteiger charge is -2.00.